The number of nitrogen functional groups attached to an aromatic ring is 1. The van der Waals surface area contributed by atoms with Gasteiger partial charge in [-0.3, -0.25) is 9.69 Å². The van der Waals surface area contributed by atoms with Crippen LogP contribution in [-0.2, 0) is 4.79 Å². The highest BCUT2D eigenvalue weighted by molar-refractivity contribution is 8.18. The fourth-order valence-corrected chi connectivity index (χ4v) is 3.70. The number of pyridine rings is 1. The second kappa shape index (κ2) is 7.76. The second-order valence-corrected chi connectivity index (χ2v) is 6.93. The maximum Gasteiger partial charge on any atom is 0.267 e. The van der Waals surface area contributed by atoms with Crippen molar-refractivity contribution in [2.24, 2.45) is 4.99 Å². The van der Waals surface area contributed by atoms with E-state index in [-0.39, 0.29) is 11.1 Å². The summed E-state index contributed by atoms with van der Waals surface area (Å²) in [6.07, 6.45) is 3.26. The van der Waals surface area contributed by atoms with Gasteiger partial charge in [-0.05, 0) is 54.1 Å². The Balaban J connectivity index is 2.05. The van der Waals surface area contributed by atoms with Crippen LogP contribution >= 0.6 is 23.4 Å². The van der Waals surface area contributed by atoms with Crippen molar-refractivity contribution in [3.05, 3.63) is 70.9 Å². The first kappa shape index (κ1) is 18.2. The van der Waals surface area contributed by atoms with E-state index in [1.807, 2.05) is 31.2 Å². The van der Waals surface area contributed by atoms with E-state index < -0.39 is 0 Å². The van der Waals surface area contributed by atoms with Gasteiger partial charge in [-0.15, -0.1) is 6.58 Å². The number of amidine groups is 1. The maximum absolute atomic E-state index is 12.9. The molecule has 26 heavy (non-hydrogen) atoms. The Morgan fingerprint density at radius 3 is 2.92 bits per heavy atom. The van der Waals surface area contributed by atoms with E-state index in [2.05, 4.69) is 16.6 Å². The average molecular weight is 385 g/mol. The van der Waals surface area contributed by atoms with Crippen LogP contribution in [0.2, 0.25) is 5.15 Å². The number of hydrogen-bond acceptors (Lipinski definition) is 5. The molecule has 0 bridgehead atoms. The average Bonchev–Trinajstić information content (AvgIpc) is 2.93. The first-order valence-corrected chi connectivity index (χ1v) is 9.07. The Labute approximate surface area is 161 Å². The summed E-state index contributed by atoms with van der Waals surface area (Å²) in [6, 6.07) is 11.0. The zero-order valence-electron chi connectivity index (χ0n) is 14.1. The van der Waals surface area contributed by atoms with Crippen molar-refractivity contribution in [2.75, 3.05) is 12.3 Å². The molecule has 2 N–H and O–H groups in total. The Morgan fingerprint density at radius 1 is 1.42 bits per heavy atom. The van der Waals surface area contributed by atoms with Gasteiger partial charge in [0.25, 0.3) is 5.91 Å². The number of aliphatic imine (C=N–C) groups is 1. The third kappa shape index (κ3) is 3.66. The smallest absolute Gasteiger partial charge is 0.267 e. The zero-order valence-corrected chi connectivity index (χ0v) is 15.7. The molecule has 2 heterocycles. The lowest BCUT2D eigenvalue weighted by Crippen LogP contribution is -2.29. The molecule has 1 aliphatic heterocycles. The lowest BCUT2D eigenvalue weighted by Gasteiger charge is -2.13. The van der Waals surface area contributed by atoms with Crippen molar-refractivity contribution in [3.63, 3.8) is 0 Å². The molecule has 3 rings (SSSR count). The normalized spacial score (nSPS) is 17.7. The fourth-order valence-electron chi connectivity index (χ4n) is 2.48. The van der Waals surface area contributed by atoms with Crippen LogP contribution in [0.5, 0.6) is 0 Å². The number of amides is 1. The van der Waals surface area contributed by atoms with E-state index in [1.165, 1.54) is 11.8 Å². The third-order valence-corrected chi connectivity index (χ3v) is 5.26. The van der Waals surface area contributed by atoms with Gasteiger partial charge < -0.3 is 5.73 Å². The minimum absolute atomic E-state index is 0.117. The van der Waals surface area contributed by atoms with Gasteiger partial charge in [-0.1, -0.05) is 29.8 Å². The summed E-state index contributed by atoms with van der Waals surface area (Å²) in [5.41, 5.74) is 8.79. The summed E-state index contributed by atoms with van der Waals surface area (Å²) in [6.45, 7) is 5.99. The van der Waals surface area contributed by atoms with Crippen LogP contribution in [0.1, 0.15) is 12.5 Å². The number of halogens is 1. The van der Waals surface area contributed by atoms with Gasteiger partial charge in [0.15, 0.2) is 10.3 Å². The molecule has 0 saturated carbocycles. The number of carbonyl (C=O) groups is 1. The molecule has 2 aromatic rings. The van der Waals surface area contributed by atoms with Crippen LogP contribution < -0.4 is 5.73 Å². The van der Waals surface area contributed by atoms with Crippen molar-refractivity contribution in [2.45, 2.75) is 6.92 Å². The Hall–Kier alpha value is -2.57. The number of rotatable bonds is 4. The predicted octanol–water partition coefficient (Wildman–Crippen LogP) is 4.50. The highest BCUT2D eigenvalue weighted by atomic mass is 35.5. The standard InChI is InChI=1S/C19H17ClN4OS/c1-3-10-24-18(25)16(12(2)13-6-4-7-14(21)11-13)26-19(24)23-15-8-5-9-22-17(15)20/h3-9,11H,1,10,21H2,2H3/b16-12-,23-19?. The number of nitrogens with two attached hydrogens (primary N) is 1. The topological polar surface area (TPSA) is 71.6 Å². The molecule has 0 unspecified atom stereocenters. The molecule has 1 amide bonds. The molecule has 0 radical (unpaired) electrons. The highest BCUT2D eigenvalue weighted by Gasteiger charge is 2.34. The van der Waals surface area contributed by atoms with Crippen LogP contribution in [0.25, 0.3) is 5.57 Å². The fraction of sp³-hybridized carbons (Fsp3) is 0.105. The number of allylic oxidation sites excluding steroid dienone is 1. The number of thioether (sulfide) groups is 1. The largest absolute Gasteiger partial charge is 0.399 e. The van der Waals surface area contributed by atoms with Crippen LogP contribution in [0.15, 0.2) is 65.1 Å². The number of aromatic nitrogens is 1. The number of carbonyl (C=O) groups excluding carboxylic acids is 1. The van der Waals surface area contributed by atoms with E-state index >= 15 is 0 Å². The molecule has 0 spiro atoms. The van der Waals surface area contributed by atoms with Crippen LogP contribution in [0, 0.1) is 0 Å². The Bertz CT molecular complexity index is 939. The van der Waals surface area contributed by atoms with Gasteiger partial charge in [0.1, 0.15) is 5.69 Å². The summed E-state index contributed by atoms with van der Waals surface area (Å²) in [7, 11) is 0. The summed E-state index contributed by atoms with van der Waals surface area (Å²) in [4.78, 5) is 23.7. The molecule has 1 aromatic heterocycles. The lowest BCUT2D eigenvalue weighted by molar-refractivity contribution is -0.121. The van der Waals surface area contributed by atoms with E-state index in [1.54, 1.807) is 29.3 Å². The number of hydrogen-bond donors (Lipinski definition) is 1. The van der Waals surface area contributed by atoms with E-state index in [9.17, 15) is 4.79 Å². The molecule has 0 aliphatic carbocycles. The molecule has 132 valence electrons. The lowest BCUT2D eigenvalue weighted by atomic mass is 10.1. The highest BCUT2D eigenvalue weighted by Crippen LogP contribution is 2.38. The third-order valence-electron chi connectivity index (χ3n) is 3.79. The monoisotopic (exact) mass is 384 g/mol. The first-order valence-electron chi connectivity index (χ1n) is 7.88. The van der Waals surface area contributed by atoms with E-state index in [0.29, 0.717) is 28.0 Å². The number of anilines is 1. The van der Waals surface area contributed by atoms with Crippen LogP contribution in [0.4, 0.5) is 11.4 Å². The van der Waals surface area contributed by atoms with Crippen molar-refractivity contribution < 1.29 is 4.79 Å². The van der Waals surface area contributed by atoms with Crippen LogP contribution in [0.3, 0.4) is 0 Å². The molecular formula is C19H17ClN4OS. The van der Waals surface area contributed by atoms with E-state index in [0.717, 1.165) is 11.1 Å². The molecule has 1 saturated heterocycles. The van der Waals surface area contributed by atoms with Crippen molar-refractivity contribution in [1.29, 1.82) is 0 Å². The van der Waals surface area contributed by atoms with Gasteiger partial charge in [0, 0.05) is 18.4 Å². The number of benzene rings is 1. The number of nitrogens with zero attached hydrogens (tertiary/aromatic N) is 3. The molecular weight excluding hydrogens is 368 g/mol. The van der Waals surface area contributed by atoms with Gasteiger partial charge in [-0.2, -0.15) is 0 Å². The summed E-state index contributed by atoms with van der Waals surface area (Å²) >= 11 is 7.41. The van der Waals surface area contributed by atoms with Gasteiger partial charge in [0.2, 0.25) is 0 Å². The quantitative estimate of drug-likeness (QED) is 0.364. The minimum atomic E-state index is -0.117. The Kier molecular flexibility index (Phi) is 5.44. The first-order chi connectivity index (χ1) is 12.5. The van der Waals surface area contributed by atoms with Crippen molar-refractivity contribution in [3.8, 4) is 0 Å². The van der Waals surface area contributed by atoms with Gasteiger partial charge in [-0.25, -0.2) is 9.98 Å². The second-order valence-electron chi connectivity index (χ2n) is 5.59. The molecule has 1 aromatic carbocycles. The SMILES string of the molecule is C=CCN1C(=O)/C(=C(\C)c2cccc(N)c2)SC1=Nc1cccnc1Cl. The van der Waals surface area contributed by atoms with Crippen molar-refractivity contribution in [1.82, 2.24) is 9.88 Å². The summed E-state index contributed by atoms with van der Waals surface area (Å²) in [5, 5.41) is 0.833. The molecule has 1 fully saturated rings. The van der Waals surface area contributed by atoms with Crippen molar-refractivity contribution >= 4 is 51.4 Å². The van der Waals surface area contributed by atoms with E-state index in [4.69, 9.17) is 17.3 Å². The summed E-state index contributed by atoms with van der Waals surface area (Å²) < 4.78 is 0. The predicted molar refractivity (Wildman–Crippen MR) is 109 cm³/mol. The molecule has 1 aliphatic rings. The van der Waals surface area contributed by atoms with Crippen LogP contribution in [-0.4, -0.2) is 27.5 Å². The maximum atomic E-state index is 12.9. The van der Waals surface area contributed by atoms with Gasteiger partial charge >= 0.3 is 0 Å². The van der Waals surface area contributed by atoms with Gasteiger partial charge in [0.05, 0.1) is 4.91 Å². The summed E-state index contributed by atoms with van der Waals surface area (Å²) in [5.74, 6) is -0.117. The Morgan fingerprint density at radius 2 is 2.23 bits per heavy atom. The minimum Gasteiger partial charge on any atom is -0.399 e. The molecule has 7 heteroatoms. The molecule has 5 nitrogen and oxygen atoms in total. The zero-order chi connectivity index (χ0) is 18.7. The molecule has 0 atom stereocenters.